The molecular formula is C13H17NO5S. The van der Waals surface area contributed by atoms with Crippen molar-refractivity contribution in [2.45, 2.75) is 18.9 Å². The van der Waals surface area contributed by atoms with Gasteiger partial charge in [0.1, 0.15) is 5.75 Å². The van der Waals surface area contributed by atoms with Crippen molar-refractivity contribution >= 4 is 21.5 Å². The molecule has 6 nitrogen and oxygen atoms in total. The van der Waals surface area contributed by atoms with E-state index in [0.29, 0.717) is 17.9 Å². The molecule has 0 spiro atoms. The van der Waals surface area contributed by atoms with E-state index in [1.165, 1.54) is 19.2 Å². The van der Waals surface area contributed by atoms with Crippen LogP contribution in [0.5, 0.6) is 5.75 Å². The molecule has 1 atom stereocenters. The Labute approximate surface area is 117 Å². The van der Waals surface area contributed by atoms with Gasteiger partial charge in [0, 0.05) is 6.04 Å². The number of aromatic carboxylic acids is 1. The van der Waals surface area contributed by atoms with Gasteiger partial charge in [-0.05, 0) is 31.0 Å². The zero-order valence-corrected chi connectivity index (χ0v) is 11.9. The molecule has 0 radical (unpaired) electrons. The van der Waals surface area contributed by atoms with Crippen LogP contribution >= 0.6 is 0 Å². The van der Waals surface area contributed by atoms with Crippen LogP contribution in [0.3, 0.4) is 0 Å². The average molecular weight is 299 g/mol. The molecule has 1 saturated heterocycles. The second kappa shape index (κ2) is 5.70. The number of sulfone groups is 1. The van der Waals surface area contributed by atoms with Crippen molar-refractivity contribution in [1.82, 2.24) is 0 Å². The first kappa shape index (κ1) is 14.6. The molecule has 0 bridgehead atoms. The van der Waals surface area contributed by atoms with Crippen molar-refractivity contribution in [2.75, 3.05) is 23.9 Å². The first-order valence-corrected chi connectivity index (χ1v) is 8.12. The van der Waals surface area contributed by atoms with E-state index in [9.17, 15) is 13.2 Å². The smallest absolute Gasteiger partial charge is 0.335 e. The van der Waals surface area contributed by atoms with E-state index in [-0.39, 0.29) is 23.1 Å². The van der Waals surface area contributed by atoms with Gasteiger partial charge in [0.2, 0.25) is 0 Å². The highest BCUT2D eigenvalue weighted by Gasteiger charge is 2.25. The number of rotatable bonds is 4. The van der Waals surface area contributed by atoms with E-state index in [4.69, 9.17) is 9.84 Å². The van der Waals surface area contributed by atoms with Gasteiger partial charge in [0.25, 0.3) is 0 Å². The monoisotopic (exact) mass is 299 g/mol. The van der Waals surface area contributed by atoms with Gasteiger partial charge in [0.05, 0.1) is 29.9 Å². The second-order valence-corrected chi connectivity index (χ2v) is 7.05. The fourth-order valence-corrected chi connectivity index (χ4v) is 3.95. The summed E-state index contributed by atoms with van der Waals surface area (Å²) in [7, 11) is -1.53. The van der Waals surface area contributed by atoms with E-state index in [2.05, 4.69) is 5.32 Å². The topological polar surface area (TPSA) is 92.7 Å². The summed E-state index contributed by atoms with van der Waals surface area (Å²) in [6, 6.07) is 4.25. The summed E-state index contributed by atoms with van der Waals surface area (Å²) in [5.74, 6) is -0.254. The Balaban J connectivity index is 2.23. The summed E-state index contributed by atoms with van der Waals surface area (Å²) in [4.78, 5) is 11.0. The lowest BCUT2D eigenvalue weighted by Gasteiger charge is -2.25. The van der Waals surface area contributed by atoms with Gasteiger partial charge >= 0.3 is 5.97 Å². The van der Waals surface area contributed by atoms with E-state index in [1.54, 1.807) is 6.07 Å². The van der Waals surface area contributed by atoms with E-state index in [1.807, 2.05) is 0 Å². The Kier molecular flexibility index (Phi) is 4.17. The van der Waals surface area contributed by atoms with Gasteiger partial charge in [-0.15, -0.1) is 0 Å². The number of carboxylic acids is 1. The lowest BCUT2D eigenvalue weighted by molar-refractivity contribution is 0.0697. The fourth-order valence-electron chi connectivity index (χ4n) is 2.31. The van der Waals surface area contributed by atoms with E-state index in [0.717, 1.165) is 6.42 Å². The van der Waals surface area contributed by atoms with Gasteiger partial charge < -0.3 is 15.2 Å². The van der Waals surface area contributed by atoms with Crippen LogP contribution in [0, 0.1) is 0 Å². The van der Waals surface area contributed by atoms with Crippen molar-refractivity contribution in [2.24, 2.45) is 0 Å². The molecule has 7 heteroatoms. The molecule has 1 aromatic rings. The molecule has 0 amide bonds. The van der Waals surface area contributed by atoms with Gasteiger partial charge in [-0.1, -0.05) is 0 Å². The summed E-state index contributed by atoms with van der Waals surface area (Å²) in [6.07, 6.45) is 1.35. The number of carboxylic acid groups (broad SMARTS) is 1. The molecule has 1 unspecified atom stereocenters. The quantitative estimate of drug-likeness (QED) is 0.872. The minimum atomic E-state index is -3.02. The normalized spacial score (nSPS) is 21.1. The lowest BCUT2D eigenvalue weighted by Crippen LogP contribution is -2.34. The van der Waals surface area contributed by atoms with Crippen LogP contribution in [-0.4, -0.2) is 44.2 Å². The molecule has 2 rings (SSSR count). The zero-order chi connectivity index (χ0) is 14.8. The highest BCUT2D eigenvalue weighted by Crippen LogP contribution is 2.28. The largest absolute Gasteiger partial charge is 0.495 e. The van der Waals surface area contributed by atoms with E-state index < -0.39 is 15.8 Å². The Morgan fingerprint density at radius 3 is 2.80 bits per heavy atom. The molecule has 1 aliphatic heterocycles. The van der Waals surface area contributed by atoms with E-state index >= 15 is 0 Å². The summed E-state index contributed by atoms with van der Waals surface area (Å²) < 4.78 is 28.4. The third kappa shape index (κ3) is 3.41. The first-order chi connectivity index (χ1) is 9.41. The Bertz CT molecular complexity index is 611. The molecule has 2 N–H and O–H groups in total. The molecule has 1 heterocycles. The third-order valence-electron chi connectivity index (χ3n) is 3.27. The standard InChI is InChI=1S/C13H17NO5S/c1-19-12-5-4-9(13(15)16)7-11(12)14-10-3-2-6-20(17,18)8-10/h4-5,7,10,14H,2-3,6,8H2,1H3,(H,15,16). The van der Waals surface area contributed by atoms with Gasteiger partial charge in [-0.3, -0.25) is 0 Å². The highest BCUT2D eigenvalue weighted by atomic mass is 32.2. The molecule has 0 aromatic heterocycles. The molecule has 20 heavy (non-hydrogen) atoms. The summed E-state index contributed by atoms with van der Waals surface area (Å²) in [5, 5.41) is 12.1. The van der Waals surface area contributed by atoms with Crippen LogP contribution in [0.25, 0.3) is 0 Å². The maximum absolute atomic E-state index is 11.6. The number of anilines is 1. The Hall–Kier alpha value is -1.76. The number of methoxy groups -OCH3 is 1. The van der Waals surface area contributed by atoms with Crippen molar-refractivity contribution in [3.63, 3.8) is 0 Å². The van der Waals surface area contributed by atoms with Crippen LogP contribution < -0.4 is 10.1 Å². The van der Waals surface area contributed by atoms with Crippen LogP contribution in [0.15, 0.2) is 18.2 Å². The van der Waals surface area contributed by atoms with Gasteiger partial charge in [-0.25, -0.2) is 13.2 Å². The average Bonchev–Trinajstić information content (AvgIpc) is 2.37. The molecule has 1 aromatic carbocycles. The number of ether oxygens (including phenoxy) is 1. The van der Waals surface area contributed by atoms with Gasteiger partial charge in [0.15, 0.2) is 9.84 Å². The number of hydrogen-bond donors (Lipinski definition) is 2. The summed E-state index contributed by atoms with van der Waals surface area (Å²) in [6.45, 7) is 0. The van der Waals surface area contributed by atoms with Crippen molar-refractivity contribution in [3.8, 4) is 5.75 Å². The summed E-state index contributed by atoms with van der Waals surface area (Å²) >= 11 is 0. The Morgan fingerprint density at radius 2 is 2.20 bits per heavy atom. The van der Waals surface area contributed by atoms with Crippen LogP contribution in [0.4, 0.5) is 5.69 Å². The molecule has 0 aliphatic carbocycles. The van der Waals surface area contributed by atoms with Crippen molar-refractivity contribution in [1.29, 1.82) is 0 Å². The Morgan fingerprint density at radius 1 is 1.45 bits per heavy atom. The first-order valence-electron chi connectivity index (χ1n) is 6.29. The van der Waals surface area contributed by atoms with Crippen LogP contribution in [0.2, 0.25) is 0 Å². The van der Waals surface area contributed by atoms with Crippen molar-refractivity contribution < 1.29 is 23.1 Å². The maximum atomic E-state index is 11.6. The molecule has 1 aliphatic rings. The van der Waals surface area contributed by atoms with Crippen molar-refractivity contribution in [3.05, 3.63) is 23.8 Å². The molecular weight excluding hydrogens is 282 g/mol. The number of carbonyl (C=O) groups is 1. The predicted molar refractivity (Wildman–Crippen MR) is 75.3 cm³/mol. The molecule has 110 valence electrons. The maximum Gasteiger partial charge on any atom is 0.335 e. The summed E-state index contributed by atoms with van der Waals surface area (Å²) in [5.41, 5.74) is 0.640. The van der Waals surface area contributed by atoms with Gasteiger partial charge in [-0.2, -0.15) is 0 Å². The van der Waals surface area contributed by atoms with Crippen LogP contribution in [0.1, 0.15) is 23.2 Å². The molecule has 1 fully saturated rings. The predicted octanol–water partition coefficient (Wildman–Crippen LogP) is 1.38. The third-order valence-corrected chi connectivity index (χ3v) is 5.09. The minimum absolute atomic E-state index is 0.0629. The SMILES string of the molecule is COc1ccc(C(=O)O)cc1NC1CCCS(=O)(=O)C1. The zero-order valence-electron chi connectivity index (χ0n) is 11.1. The minimum Gasteiger partial charge on any atom is -0.495 e. The second-order valence-electron chi connectivity index (χ2n) is 4.82. The number of nitrogens with one attached hydrogen (secondary N) is 1. The number of benzene rings is 1. The van der Waals surface area contributed by atoms with Crippen LogP contribution in [-0.2, 0) is 9.84 Å². The lowest BCUT2D eigenvalue weighted by atomic mass is 10.1. The number of hydrogen-bond acceptors (Lipinski definition) is 5. The highest BCUT2D eigenvalue weighted by molar-refractivity contribution is 7.91. The molecule has 0 saturated carbocycles. The fraction of sp³-hybridized carbons (Fsp3) is 0.462.